The van der Waals surface area contributed by atoms with Crippen LogP contribution in [0.5, 0.6) is 0 Å². The molecule has 0 heterocycles. The summed E-state index contributed by atoms with van der Waals surface area (Å²) in [6.07, 6.45) is -1.09. The highest BCUT2D eigenvalue weighted by Gasteiger charge is 2.25. The summed E-state index contributed by atoms with van der Waals surface area (Å²) in [5, 5.41) is 37.0. The van der Waals surface area contributed by atoms with Crippen molar-refractivity contribution < 1.29 is 57.6 Å². The molecule has 15 heteroatoms. The number of hydrogen-bond acceptors (Lipinski definition) is 8. The Balaban J connectivity index is 1.52. The van der Waals surface area contributed by atoms with Crippen molar-refractivity contribution in [1.82, 2.24) is 0 Å². The molecule has 0 aliphatic rings. The van der Waals surface area contributed by atoms with E-state index in [4.69, 9.17) is 0 Å². The third kappa shape index (κ3) is 8.93. The maximum Gasteiger partial charge on any atom is 0.335 e. The van der Waals surface area contributed by atoms with Crippen LogP contribution < -0.4 is 9.80 Å². The molecule has 0 aliphatic carbocycles. The smallest absolute Gasteiger partial charge is 0.335 e. The first kappa shape index (κ1) is 35.5. The summed E-state index contributed by atoms with van der Waals surface area (Å²) in [6.45, 7) is 0. The van der Waals surface area contributed by atoms with Gasteiger partial charge in [-0.05, 0) is 97.1 Å². The average molecular weight is 689 g/mol. The molecule has 0 radical (unpaired) electrons. The second-order valence-corrected chi connectivity index (χ2v) is 12.8. The second-order valence-electron chi connectivity index (χ2n) is 10.5. The van der Waals surface area contributed by atoms with Gasteiger partial charge in [0.2, 0.25) is 11.8 Å². The Labute approximate surface area is 279 Å². The van der Waals surface area contributed by atoms with Crippen molar-refractivity contribution in [3.05, 3.63) is 119 Å². The monoisotopic (exact) mass is 688 g/mol. The maximum absolute atomic E-state index is 13.5. The normalized spacial score (nSPS) is 10.9. The molecule has 0 aromatic heterocycles. The van der Waals surface area contributed by atoms with E-state index in [1.54, 1.807) is 0 Å². The number of amides is 2. The summed E-state index contributed by atoms with van der Waals surface area (Å²) >= 11 is 0. The van der Waals surface area contributed by atoms with Crippen LogP contribution in [0.15, 0.2) is 97.1 Å². The van der Waals surface area contributed by atoms with E-state index < -0.39 is 69.9 Å². The molecule has 14 nitrogen and oxygen atoms in total. The van der Waals surface area contributed by atoms with Crippen molar-refractivity contribution >= 4 is 68.3 Å². The van der Waals surface area contributed by atoms with E-state index in [1.165, 1.54) is 97.1 Å². The van der Waals surface area contributed by atoms with E-state index in [0.29, 0.717) is 0 Å². The predicted octanol–water partition coefficient (Wildman–Crippen LogP) is 4.70. The van der Waals surface area contributed by atoms with Gasteiger partial charge >= 0.3 is 23.9 Å². The number of carboxylic acids is 4. The second kappa shape index (κ2) is 15.0. The summed E-state index contributed by atoms with van der Waals surface area (Å²) in [5.41, 5.74) is 0.550. The van der Waals surface area contributed by atoms with Gasteiger partial charge < -0.3 is 20.4 Å². The number of carbonyl (C=O) groups excluding carboxylic acids is 2. The fourth-order valence-electron chi connectivity index (χ4n) is 4.70. The van der Waals surface area contributed by atoms with Crippen LogP contribution in [-0.4, -0.2) is 76.0 Å². The highest BCUT2D eigenvalue weighted by molar-refractivity contribution is 7.91. The van der Waals surface area contributed by atoms with Crippen molar-refractivity contribution in [2.24, 2.45) is 0 Å². The summed E-state index contributed by atoms with van der Waals surface area (Å²) in [7, 11) is -4.05. The van der Waals surface area contributed by atoms with Crippen LogP contribution in [0.2, 0.25) is 0 Å². The number of benzene rings is 4. The largest absolute Gasteiger partial charge is 0.478 e. The van der Waals surface area contributed by atoms with Crippen LogP contribution >= 0.6 is 0 Å². The zero-order valence-electron chi connectivity index (χ0n) is 25.4. The van der Waals surface area contributed by atoms with E-state index in [0.717, 1.165) is 9.80 Å². The Hall–Kier alpha value is -6.35. The van der Waals surface area contributed by atoms with Crippen LogP contribution in [0.25, 0.3) is 0 Å². The molecule has 0 atom stereocenters. The summed E-state index contributed by atoms with van der Waals surface area (Å²) < 4.78 is 26.2. The number of nitrogens with zero attached hydrogens (tertiary/aromatic N) is 2. The topological polar surface area (TPSA) is 224 Å². The quantitative estimate of drug-likeness (QED) is 0.141. The lowest BCUT2D eigenvalue weighted by atomic mass is 10.1. The van der Waals surface area contributed by atoms with Gasteiger partial charge in [0.25, 0.3) is 0 Å². The van der Waals surface area contributed by atoms with Gasteiger partial charge in [-0.2, -0.15) is 0 Å². The van der Waals surface area contributed by atoms with Crippen LogP contribution in [0.3, 0.4) is 0 Å². The van der Waals surface area contributed by atoms with Gasteiger partial charge in [0.15, 0.2) is 9.84 Å². The number of sulfone groups is 1. The van der Waals surface area contributed by atoms with Gasteiger partial charge in [0.05, 0.1) is 33.8 Å². The Kier molecular flexibility index (Phi) is 10.9. The molecule has 2 amide bonds. The zero-order chi connectivity index (χ0) is 35.9. The standard InChI is InChI=1S/C34H28N2O12S/c37-29(35(25-9-1-21(2-10-25)31(39)40)26-11-3-22(4-12-26)32(41)42)17-19-49(47,48)20-18-30(38)36(27-13-5-23(6-14-27)33(43)44)28-15-7-24(8-16-28)34(45)46/h1-16H,17-20H2,(H,39,40)(H,41,42)(H,43,44)(H,45,46). The number of carboxylic acid groups (broad SMARTS) is 4. The Morgan fingerprint density at radius 2 is 0.612 bits per heavy atom. The lowest BCUT2D eigenvalue weighted by Crippen LogP contribution is -2.30. The van der Waals surface area contributed by atoms with E-state index in [-0.39, 0.29) is 45.0 Å². The molecule has 4 aromatic rings. The van der Waals surface area contributed by atoms with Gasteiger partial charge in [0, 0.05) is 35.6 Å². The first-order valence-electron chi connectivity index (χ1n) is 14.4. The molecule has 4 rings (SSSR count). The first-order valence-corrected chi connectivity index (χ1v) is 16.2. The number of rotatable bonds is 14. The minimum atomic E-state index is -4.05. The van der Waals surface area contributed by atoms with Gasteiger partial charge in [-0.15, -0.1) is 0 Å². The van der Waals surface area contributed by atoms with Crippen LogP contribution in [0, 0.1) is 0 Å². The van der Waals surface area contributed by atoms with Gasteiger partial charge in [-0.25, -0.2) is 27.6 Å². The number of hydrogen-bond donors (Lipinski definition) is 4. The highest BCUT2D eigenvalue weighted by atomic mass is 32.2. The SMILES string of the molecule is O=C(O)c1ccc(N(C(=O)CCS(=O)(=O)CCC(=O)N(c2ccc(C(=O)O)cc2)c2ccc(C(=O)O)cc2)c2ccc(C(=O)O)cc2)cc1. The van der Waals surface area contributed by atoms with Crippen LogP contribution in [0.4, 0.5) is 22.7 Å². The number of aromatic carboxylic acids is 4. The van der Waals surface area contributed by atoms with Crippen molar-refractivity contribution in [1.29, 1.82) is 0 Å². The fourth-order valence-corrected chi connectivity index (χ4v) is 5.87. The molecule has 0 unspecified atom stereocenters. The number of carbonyl (C=O) groups is 6. The van der Waals surface area contributed by atoms with Gasteiger partial charge in [0.1, 0.15) is 0 Å². The minimum Gasteiger partial charge on any atom is -0.478 e. The third-order valence-electron chi connectivity index (χ3n) is 7.24. The predicted molar refractivity (Wildman–Crippen MR) is 176 cm³/mol. The third-order valence-corrected chi connectivity index (χ3v) is 8.89. The van der Waals surface area contributed by atoms with Crippen LogP contribution in [0.1, 0.15) is 54.3 Å². The zero-order valence-corrected chi connectivity index (χ0v) is 26.2. The van der Waals surface area contributed by atoms with Crippen molar-refractivity contribution in [3.63, 3.8) is 0 Å². The van der Waals surface area contributed by atoms with E-state index >= 15 is 0 Å². The van der Waals surface area contributed by atoms with Gasteiger partial charge in [-0.1, -0.05) is 0 Å². The molecule has 0 fully saturated rings. The molecule has 0 saturated heterocycles. The van der Waals surface area contributed by atoms with E-state index in [2.05, 4.69) is 0 Å². The summed E-state index contributed by atoms with van der Waals surface area (Å²) in [5.74, 6) is -7.58. The first-order chi connectivity index (χ1) is 23.2. The molecular weight excluding hydrogens is 660 g/mol. The molecule has 0 spiro atoms. The van der Waals surface area contributed by atoms with Crippen LogP contribution in [-0.2, 0) is 19.4 Å². The number of anilines is 4. The molecule has 252 valence electrons. The minimum absolute atomic E-state index is 0.0608. The molecule has 4 N–H and O–H groups in total. The Bertz CT molecular complexity index is 1750. The summed E-state index contributed by atoms with van der Waals surface area (Å²) in [6, 6.07) is 20.8. The van der Waals surface area contributed by atoms with Gasteiger partial charge in [-0.3, -0.25) is 19.4 Å². The molecular formula is C34H28N2O12S. The Morgan fingerprint density at radius 1 is 0.408 bits per heavy atom. The molecule has 49 heavy (non-hydrogen) atoms. The molecule has 4 aromatic carbocycles. The molecule has 0 bridgehead atoms. The van der Waals surface area contributed by atoms with E-state index in [1.807, 2.05) is 0 Å². The summed E-state index contributed by atoms with van der Waals surface area (Å²) in [4.78, 5) is 74.4. The van der Waals surface area contributed by atoms with E-state index in [9.17, 15) is 57.6 Å². The molecule has 0 aliphatic heterocycles. The van der Waals surface area contributed by atoms with Crippen molar-refractivity contribution in [2.75, 3.05) is 21.3 Å². The fraction of sp³-hybridized carbons (Fsp3) is 0.118. The average Bonchev–Trinajstić information content (AvgIpc) is 3.08. The lowest BCUT2D eigenvalue weighted by molar-refractivity contribution is -0.118. The Morgan fingerprint density at radius 3 is 0.796 bits per heavy atom. The maximum atomic E-state index is 13.5. The molecule has 0 saturated carbocycles. The van der Waals surface area contributed by atoms with Crippen molar-refractivity contribution in [2.45, 2.75) is 12.8 Å². The van der Waals surface area contributed by atoms with Crippen molar-refractivity contribution in [3.8, 4) is 0 Å². The lowest BCUT2D eigenvalue weighted by Gasteiger charge is -2.24. The highest BCUT2D eigenvalue weighted by Crippen LogP contribution is 2.29.